The maximum atomic E-state index is 12.0. The van der Waals surface area contributed by atoms with Crippen molar-refractivity contribution in [2.75, 3.05) is 6.54 Å². The minimum absolute atomic E-state index is 0.0295. The van der Waals surface area contributed by atoms with Gasteiger partial charge in [-0.1, -0.05) is 44.9 Å². The lowest BCUT2D eigenvalue weighted by atomic mass is 9.85. The van der Waals surface area contributed by atoms with E-state index in [1.165, 1.54) is 18.2 Å². The van der Waals surface area contributed by atoms with Crippen LogP contribution in [0, 0.1) is 5.92 Å². The molecule has 0 aromatic heterocycles. The molecule has 0 bridgehead atoms. The van der Waals surface area contributed by atoms with Gasteiger partial charge in [-0.25, -0.2) is 0 Å². The summed E-state index contributed by atoms with van der Waals surface area (Å²) in [6, 6.07) is 0. The number of nitrogens with one attached hydrogen (secondary N) is 1. The number of thioether (sulfide) groups is 1. The highest BCUT2D eigenvalue weighted by Gasteiger charge is 2.45. The van der Waals surface area contributed by atoms with E-state index in [0.29, 0.717) is 11.7 Å². The lowest BCUT2D eigenvalue weighted by Gasteiger charge is -2.30. The van der Waals surface area contributed by atoms with Crippen molar-refractivity contribution in [3.63, 3.8) is 0 Å². The van der Waals surface area contributed by atoms with Crippen molar-refractivity contribution >= 4 is 22.8 Å². The molecular formula is C14H24N2O2S. The Kier molecular flexibility index (Phi) is 4.26. The van der Waals surface area contributed by atoms with E-state index >= 15 is 0 Å². The van der Waals surface area contributed by atoms with Crippen molar-refractivity contribution in [3.05, 3.63) is 0 Å². The van der Waals surface area contributed by atoms with Crippen LogP contribution in [0.1, 0.15) is 52.9 Å². The Labute approximate surface area is 119 Å². The molecule has 0 radical (unpaired) electrons. The highest BCUT2D eigenvalue weighted by Crippen LogP contribution is 2.38. The molecule has 2 fully saturated rings. The van der Waals surface area contributed by atoms with Crippen LogP contribution in [0.25, 0.3) is 0 Å². The lowest BCUT2D eigenvalue weighted by molar-refractivity contribution is -0.122. The van der Waals surface area contributed by atoms with E-state index in [4.69, 9.17) is 0 Å². The Bertz CT molecular complexity index is 389. The Morgan fingerprint density at radius 1 is 1.37 bits per heavy atom. The predicted molar refractivity (Wildman–Crippen MR) is 79.3 cm³/mol. The van der Waals surface area contributed by atoms with Crippen LogP contribution in [0.3, 0.4) is 0 Å². The number of aliphatic hydroxyl groups is 1. The van der Waals surface area contributed by atoms with Crippen LogP contribution in [0.5, 0.6) is 0 Å². The summed E-state index contributed by atoms with van der Waals surface area (Å²) in [5, 5.41) is 13.9. The molecule has 1 amide bonds. The van der Waals surface area contributed by atoms with E-state index in [-0.39, 0.29) is 11.8 Å². The molecule has 2 rings (SSSR count). The third-order valence-corrected chi connectivity index (χ3v) is 5.89. The van der Waals surface area contributed by atoms with E-state index in [9.17, 15) is 9.90 Å². The largest absolute Gasteiger partial charge is 0.388 e. The minimum Gasteiger partial charge on any atom is -0.388 e. The molecule has 2 aliphatic rings. The fraction of sp³-hybridized carbons (Fsp3) is 0.857. The molecule has 1 heterocycles. The molecule has 2 N–H and O–H groups in total. The standard InChI is InChI=1S/C14H24N2O2S/c1-10(2)13(3)11(17)16-12(19-13)15-9-14(18)7-5-4-6-8-14/h10,18H,4-9H2,1-3H3,(H,15,16,17). The number of rotatable bonds is 3. The minimum atomic E-state index is -0.659. The Hall–Kier alpha value is -0.550. The van der Waals surface area contributed by atoms with Gasteiger partial charge in [0.25, 0.3) is 0 Å². The summed E-state index contributed by atoms with van der Waals surface area (Å²) < 4.78 is -0.436. The third-order valence-electron chi connectivity index (χ3n) is 4.38. The number of amidine groups is 1. The number of hydrogen-bond donors (Lipinski definition) is 2. The summed E-state index contributed by atoms with van der Waals surface area (Å²) in [5.41, 5.74) is -0.659. The second-order valence-electron chi connectivity index (χ2n) is 6.22. The van der Waals surface area contributed by atoms with E-state index in [0.717, 1.165) is 25.7 Å². The monoisotopic (exact) mass is 284 g/mol. The van der Waals surface area contributed by atoms with Gasteiger partial charge in [-0.05, 0) is 25.7 Å². The molecule has 1 aliphatic heterocycles. The van der Waals surface area contributed by atoms with Crippen molar-refractivity contribution < 1.29 is 9.90 Å². The molecule has 108 valence electrons. The molecule has 0 aromatic rings. The van der Waals surface area contributed by atoms with Crippen LogP contribution < -0.4 is 5.32 Å². The van der Waals surface area contributed by atoms with Gasteiger partial charge in [-0.3, -0.25) is 9.79 Å². The second-order valence-corrected chi connectivity index (χ2v) is 7.66. The van der Waals surface area contributed by atoms with Crippen molar-refractivity contribution in [1.82, 2.24) is 5.32 Å². The fourth-order valence-corrected chi connectivity index (χ4v) is 3.59. The molecule has 1 unspecified atom stereocenters. The molecular weight excluding hydrogens is 260 g/mol. The molecule has 0 spiro atoms. The Morgan fingerprint density at radius 3 is 2.53 bits per heavy atom. The first-order valence-corrected chi connectivity index (χ1v) is 7.95. The van der Waals surface area contributed by atoms with Crippen LogP contribution >= 0.6 is 11.8 Å². The summed E-state index contributed by atoms with van der Waals surface area (Å²) >= 11 is 1.49. The van der Waals surface area contributed by atoms with Gasteiger partial charge in [0, 0.05) is 0 Å². The van der Waals surface area contributed by atoms with Gasteiger partial charge in [0.05, 0.1) is 12.1 Å². The SMILES string of the molecule is CC(C)C1(C)SC(=NCC2(O)CCCCC2)NC1=O. The quantitative estimate of drug-likeness (QED) is 0.836. The van der Waals surface area contributed by atoms with Crippen LogP contribution in [-0.2, 0) is 4.79 Å². The van der Waals surface area contributed by atoms with E-state index in [1.54, 1.807) is 0 Å². The summed E-state index contributed by atoms with van der Waals surface area (Å²) in [5.74, 6) is 0.282. The number of hydrogen-bond acceptors (Lipinski definition) is 4. The van der Waals surface area contributed by atoms with Gasteiger partial charge in [0.1, 0.15) is 4.75 Å². The zero-order valence-corrected chi connectivity index (χ0v) is 12.8. The molecule has 4 nitrogen and oxygen atoms in total. The van der Waals surface area contributed by atoms with Gasteiger partial charge in [-0.2, -0.15) is 0 Å². The number of carbonyl (C=O) groups excluding carboxylic acids is 1. The predicted octanol–water partition coefficient (Wildman–Crippen LogP) is 2.32. The van der Waals surface area contributed by atoms with Gasteiger partial charge < -0.3 is 10.4 Å². The summed E-state index contributed by atoms with van der Waals surface area (Å²) in [6.07, 6.45) is 5.00. The van der Waals surface area contributed by atoms with Crippen molar-refractivity contribution in [2.45, 2.75) is 63.2 Å². The Morgan fingerprint density at radius 2 is 2.00 bits per heavy atom. The molecule has 5 heteroatoms. The highest BCUT2D eigenvalue weighted by atomic mass is 32.2. The lowest BCUT2D eigenvalue weighted by Crippen LogP contribution is -2.38. The molecule has 0 aromatic carbocycles. The summed E-state index contributed by atoms with van der Waals surface area (Å²) in [7, 11) is 0. The number of nitrogens with zero attached hydrogens (tertiary/aromatic N) is 1. The van der Waals surface area contributed by atoms with Crippen LogP contribution in [0.2, 0.25) is 0 Å². The zero-order chi connectivity index (χ0) is 14.1. The summed E-state index contributed by atoms with van der Waals surface area (Å²) in [6.45, 7) is 6.45. The number of carbonyl (C=O) groups is 1. The van der Waals surface area contributed by atoms with Gasteiger partial charge in [-0.15, -0.1) is 0 Å². The molecule has 1 atom stereocenters. The molecule has 19 heavy (non-hydrogen) atoms. The van der Waals surface area contributed by atoms with E-state index in [1.807, 2.05) is 20.8 Å². The molecule has 1 saturated heterocycles. The second kappa shape index (κ2) is 5.44. The number of amides is 1. The van der Waals surface area contributed by atoms with E-state index < -0.39 is 10.3 Å². The normalized spacial score (nSPS) is 32.9. The average Bonchev–Trinajstić information content (AvgIpc) is 2.65. The summed E-state index contributed by atoms with van der Waals surface area (Å²) in [4.78, 5) is 16.4. The third kappa shape index (κ3) is 3.14. The number of aliphatic imine (C=N–C) groups is 1. The fourth-order valence-electron chi connectivity index (χ4n) is 2.53. The molecule has 1 saturated carbocycles. The van der Waals surface area contributed by atoms with Crippen LogP contribution in [0.4, 0.5) is 0 Å². The van der Waals surface area contributed by atoms with Crippen molar-refractivity contribution in [3.8, 4) is 0 Å². The van der Waals surface area contributed by atoms with Crippen LogP contribution in [0.15, 0.2) is 4.99 Å². The van der Waals surface area contributed by atoms with Crippen molar-refractivity contribution in [1.29, 1.82) is 0 Å². The van der Waals surface area contributed by atoms with E-state index in [2.05, 4.69) is 10.3 Å². The van der Waals surface area contributed by atoms with Gasteiger partial charge in [0.2, 0.25) is 5.91 Å². The molecule has 1 aliphatic carbocycles. The van der Waals surface area contributed by atoms with Crippen molar-refractivity contribution in [2.24, 2.45) is 10.9 Å². The maximum absolute atomic E-state index is 12.0. The zero-order valence-electron chi connectivity index (χ0n) is 12.0. The van der Waals surface area contributed by atoms with Crippen LogP contribution in [-0.4, -0.2) is 33.1 Å². The smallest absolute Gasteiger partial charge is 0.242 e. The van der Waals surface area contributed by atoms with Gasteiger partial charge in [0.15, 0.2) is 5.17 Å². The first-order chi connectivity index (χ1) is 8.86. The maximum Gasteiger partial charge on any atom is 0.242 e. The first kappa shape index (κ1) is 14.9. The first-order valence-electron chi connectivity index (χ1n) is 7.13. The van der Waals surface area contributed by atoms with Gasteiger partial charge >= 0.3 is 0 Å². The Balaban J connectivity index is 2.00. The average molecular weight is 284 g/mol. The topological polar surface area (TPSA) is 61.7 Å². The highest BCUT2D eigenvalue weighted by molar-refractivity contribution is 8.16.